The van der Waals surface area contributed by atoms with Gasteiger partial charge < -0.3 is 10.1 Å². The lowest BCUT2D eigenvalue weighted by Gasteiger charge is -2.11. The van der Waals surface area contributed by atoms with Gasteiger partial charge in [0.1, 0.15) is 0 Å². The van der Waals surface area contributed by atoms with Crippen LogP contribution < -0.4 is 5.32 Å². The lowest BCUT2D eigenvalue weighted by molar-refractivity contribution is 0.194. The number of thioether (sulfide) groups is 1. The molecule has 1 heterocycles. The first-order valence-electron chi connectivity index (χ1n) is 5.70. The summed E-state index contributed by atoms with van der Waals surface area (Å²) in [5.74, 6) is 0. The van der Waals surface area contributed by atoms with Gasteiger partial charge in [-0.05, 0) is 41.0 Å². The van der Waals surface area contributed by atoms with Crippen LogP contribution in [0.15, 0.2) is 27.8 Å². The van der Waals surface area contributed by atoms with Crippen LogP contribution in [0.5, 0.6) is 0 Å². The quantitative estimate of drug-likeness (QED) is 0.590. The molecule has 1 N–H and O–H groups in total. The van der Waals surface area contributed by atoms with Crippen molar-refractivity contribution in [2.75, 3.05) is 26.8 Å². The Labute approximate surface area is 116 Å². The van der Waals surface area contributed by atoms with Crippen molar-refractivity contribution in [3.63, 3.8) is 0 Å². The molecule has 5 heteroatoms. The van der Waals surface area contributed by atoms with Gasteiger partial charge in [0.2, 0.25) is 0 Å². The minimum absolute atomic E-state index is 0.520. The number of methoxy groups -OCH3 is 1. The number of halogens is 1. The minimum atomic E-state index is 0.520. The lowest BCUT2D eigenvalue weighted by Crippen LogP contribution is -2.24. The number of aromatic nitrogens is 1. The summed E-state index contributed by atoms with van der Waals surface area (Å²) in [5, 5.41) is 5.00. The molecule has 1 unspecified atom stereocenters. The van der Waals surface area contributed by atoms with E-state index in [-0.39, 0.29) is 0 Å². The molecule has 0 amide bonds. The molecule has 0 spiro atoms. The highest BCUT2D eigenvalue weighted by Gasteiger charge is 2.04. The van der Waals surface area contributed by atoms with Gasteiger partial charge >= 0.3 is 0 Å². The zero-order valence-electron chi connectivity index (χ0n) is 10.3. The van der Waals surface area contributed by atoms with Crippen molar-refractivity contribution in [2.24, 2.45) is 0 Å². The number of hydrogen-bond acceptors (Lipinski definition) is 4. The SMILES string of the molecule is COCCCNCC(C)Sc1ccc(Br)cn1. The maximum atomic E-state index is 5.00. The fourth-order valence-electron chi connectivity index (χ4n) is 1.33. The van der Waals surface area contributed by atoms with Crippen molar-refractivity contribution < 1.29 is 4.74 Å². The molecule has 0 radical (unpaired) electrons. The van der Waals surface area contributed by atoms with Gasteiger partial charge in [-0.1, -0.05) is 6.92 Å². The molecule has 0 aromatic carbocycles. The summed E-state index contributed by atoms with van der Waals surface area (Å²) in [5.41, 5.74) is 0. The molecule has 1 aromatic heterocycles. The zero-order valence-corrected chi connectivity index (χ0v) is 12.7. The van der Waals surface area contributed by atoms with Crippen LogP contribution in [0.4, 0.5) is 0 Å². The molecular formula is C12H19BrN2OS. The van der Waals surface area contributed by atoms with E-state index in [4.69, 9.17) is 4.74 Å². The highest BCUT2D eigenvalue weighted by atomic mass is 79.9. The van der Waals surface area contributed by atoms with Crippen molar-refractivity contribution >= 4 is 27.7 Å². The highest BCUT2D eigenvalue weighted by Crippen LogP contribution is 2.21. The molecule has 0 saturated carbocycles. The first-order chi connectivity index (χ1) is 8.22. The molecule has 3 nitrogen and oxygen atoms in total. The maximum Gasteiger partial charge on any atom is 0.0963 e. The van der Waals surface area contributed by atoms with Crippen LogP contribution in [0.2, 0.25) is 0 Å². The molecule has 1 atom stereocenters. The third-order valence-corrected chi connectivity index (χ3v) is 3.68. The average molecular weight is 319 g/mol. The molecule has 1 aromatic rings. The van der Waals surface area contributed by atoms with E-state index in [1.165, 1.54) is 0 Å². The number of pyridine rings is 1. The molecule has 0 bridgehead atoms. The van der Waals surface area contributed by atoms with E-state index in [2.05, 4.69) is 33.2 Å². The predicted octanol–water partition coefficient (Wildman–Crippen LogP) is 2.95. The third-order valence-electron chi connectivity index (χ3n) is 2.16. The number of nitrogens with zero attached hydrogens (tertiary/aromatic N) is 1. The van der Waals surface area contributed by atoms with Crippen LogP contribution in [0.25, 0.3) is 0 Å². The first kappa shape index (κ1) is 15.0. The monoisotopic (exact) mass is 318 g/mol. The Morgan fingerprint density at radius 1 is 1.53 bits per heavy atom. The molecule has 17 heavy (non-hydrogen) atoms. The largest absolute Gasteiger partial charge is 0.385 e. The van der Waals surface area contributed by atoms with Gasteiger partial charge in [-0.15, -0.1) is 11.8 Å². The smallest absolute Gasteiger partial charge is 0.0963 e. The molecule has 0 fully saturated rings. The second-order valence-electron chi connectivity index (χ2n) is 3.79. The Morgan fingerprint density at radius 2 is 2.35 bits per heavy atom. The van der Waals surface area contributed by atoms with Gasteiger partial charge in [-0.2, -0.15) is 0 Å². The number of ether oxygens (including phenoxy) is 1. The van der Waals surface area contributed by atoms with Crippen LogP contribution in [0, 0.1) is 0 Å². The van der Waals surface area contributed by atoms with Crippen LogP contribution in [-0.4, -0.2) is 37.0 Å². The Morgan fingerprint density at radius 3 is 3.00 bits per heavy atom. The molecule has 0 aliphatic rings. The van der Waals surface area contributed by atoms with Crippen LogP contribution in [-0.2, 0) is 4.74 Å². The van der Waals surface area contributed by atoms with Gasteiger partial charge in [-0.3, -0.25) is 0 Å². The van der Waals surface area contributed by atoms with E-state index in [0.29, 0.717) is 5.25 Å². The van der Waals surface area contributed by atoms with E-state index >= 15 is 0 Å². The van der Waals surface area contributed by atoms with E-state index in [0.717, 1.165) is 35.6 Å². The summed E-state index contributed by atoms with van der Waals surface area (Å²) in [4.78, 5) is 4.34. The van der Waals surface area contributed by atoms with E-state index in [9.17, 15) is 0 Å². The van der Waals surface area contributed by atoms with Crippen molar-refractivity contribution in [2.45, 2.75) is 23.6 Å². The van der Waals surface area contributed by atoms with E-state index in [1.54, 1.807) is 18.9 Å². The fourth-order valence-corrected chi connectivity index (χ4v) is 2.43. The summed E-state index contributed by atoms with van der Waals surface area (Å²) in [7, 11) is 1.73. The summed E-state index contributed by atoms with van der Waals surface area (Å²) >= 11 is 5.17. The van der Waals surface area contributed by atoms with Crippen molar-refractivity contribution in [1.82, 2.24) is 10.3 Å². The Kier molecular flexibility index (Phi) is 7.84. The summed E-state index contributed by atoms with van der Waals surface area (Å²) in [6, 6.07) is 4.06. The van der Waals surface area contributed by atoms with Crippen molar-refractivity contribution in [1.29, 1.82) is 0 Å². The molecule has 1 rings (SSSR count). The Bertz CT molecular complexity index is 308. The van der Waals surface area contributed by atoms with Crippen LogP contribution in [0.3, 0.4) is 0 Å². The van der Waals surface area contributed by atoms with Gasteiger partial charge in [-0.25, -0.2) is 4.98 Å². The van der Waals surface area contributed by atoms with Crippen LogP contribution in [0.1, 0.15) is 13.3 Å². The van der Waals surface area contributed by atoms with E-state index in [1.807, 2.05) is 18.3 Å². The molecular weight excluding hydrogens is 300 g/mol. The topological polar surface area (TPSA) is 34.1 Å². The normalized spacial score (nSPS) is 12.6. The molecule has 0 aliphatic heterocycles. The highest BCUT2D eigenvalue weighted by molar-refractivity contribution is 9.10. The first-order valence-corrected chi connectivity index (χ1v) is 7.37. The van der Waals surface area contributed by atoms with Crippen molar-refractivity contribution in [3.8, 4) is 0 Å². The summed E-state index contributed by atoms with van der Waals surface area (Å²) in [6.45, 7) is 5.03. The second kappa shape index (κ2) is 8.91. The average Bonchev–Trinajstić information content (AvgIpc) is 2.32. The van der Waals surface area contributed by atoms with Crippen molar-refractivity contribution in [3.05, 3.63) is 22.8 Å². The van der Waals surface area contributed by atoms with E-state index < -0.39 is 0 Å². The molecule has 96 valence electrons. The van der Waals surface area contributed by atoms with Crippen LogP contribution >= 0.6 is 27.7 Å². The zero-order chi connectivity index (χ0) is 12.5. The number of nitrogens with one attached hydrogen (secondary N) is 1. The predicted molar refractivity (Wildman–Crippen MR) is 76.6 cm³/mol. The van der Waals surface area contributed by atoms with Gasteiger partial charge in [0.05, 0.1) is 5.03 Å². The second-order valence-corrected chi connectivity index (χ2v) is 6.17. The minimum Gasteiger partial charge on any atom is -0.385 e. The maximum absolute atomic E-state index is 5.00. The third kappa shape index (κ3) is 7.03. The lowest BCUT2D eigenvalue weighted by atomic mass is 10.4. The number of rotatable bonds is 8. The van der Waals surface area contributed by atoms with Gasteiger partial charge in [0, 0.05) is 36.2 Å². The number of hydrogen-bond donors (Lipinski definition) is 1. The Hall–Kier alpha value is -0.100. The molecule has 0 saturated heterocycles. The van der Waals surface area contributed by atoms with Gasteiger partial charge in [0.15, 0.2) is 0 Å². The van der Waals surface area contributed by atoms with Gasteiger partial charge in [0.25, 0.3) is 0 Å². The fraction of sp³-hybridized carbons (Fsp3) is 0.583. The summed E-state index contributed by atoms with van der Waals surface area (Å²) < 4.78 is 6.02. The Balaban J connectivity index is 2.16. The summed E-state index contributed by atoms with van der Waals surface area (Å²) in [6.07, 6.45) is 2.89. The standard InChI is InChI=1S/C12H19BrN2OS/c1-10(8-14-6-3-7-16-2)17-12-5-4-11(13)9-15-12/h4-5,9-10,14H,3,6-8H2,1-2H3. The molecule has 0 aliphatic carbocycles.